The summed E-state index contributed by atoms with van der Waals surface area (Å²) in [6.07, 6.45) is 1.42. The molecular weight excluding hydrogens is 273 g/mol. The molecule has 0 aliphatic heterocycles. The molecule has 21 heavy (non-hydrogen) atoms. The Morgan fingerprint density at radius 2 is 2.00 bits per heavy atom. The molecule has 6 heteroatoms. The Hall–Kier alpha value is -2.63. The zero-order valence-electron chi connectivity index (χ0n) is 11.6. The van der Waals surface area contributed by atoms with Crippen LogP contribution in [0.25, 0.3) is 16.8 Å². The summed E-state index contributed by atoms with van der Waals surface area (Å²) in [5, 5.41) is 14.3. The molecule has 2 N–H and O–H groups in total. The molecule has 0 spiro atoms. The second kappa shape index (κ2) is 4.73. The number of halogens is 1. The Balaban J connectivity index is 2.35. The Bertz CT molecular complexity index is 880. The molecule has 1 aromatic carbocycles. The highest BCUT2D eigenvalue weighted by molar-refractivity contribution is 5.77. The van der Waals surface area contributed by atoms with Crippen molar-refractivity contribution in [3.8, 4) is 17.0 Å². The Labute approximate surface area is 119 Å². The van der Waals surface area contributed by atoms with Crippen molar-refractivity contribution in [2.45, 2.75) is 19.8 Å². The first-order valence-electron chi connectivity index (χ1n) is 6.58. The first kappa shape index (κ1) is 13.4. The molecule has 0 bridgehead atoms. The second-order valence-electron chi connectivity index (χ2n) is 5.14. The van der Waals surface area contributed by atoms with Crippen LogP contribution in [0.1, 0.15) is 25.3 Å². The molecule has 0 amide bonds. The van der Waals surface area contributed by atoms with E-state index in [0.717, 1.165) is 0 Å². The molecule has 3 rings (SSSR count). The highest BCUT2D eigenvalue weighted by Gasteiger charge is 2.19. The summed E-state index contributed by atoms with van der Waals surface area (Å²) in [6.45, 7) is 3.61. The van der Waals surface area contributed by atoms with Gasteiger partial charge in [0.2, 0.25) is 5.88 Å². The topological polar surface area (TPSA) is 70.4 Å². The van der Waals surface area contributed by atoms with Crippen molar-refractivity contribution in [3.63, 3.8) is 0 Å². The van der Waals surface area contributed by atoms with Crippen LogP contribution in [0.4, 0.5) is 4.39 Å². The van der Waals surface area contributed by atoms with Crippen LogP contribution in [0.15, 0.2) is 35.3 Å². The van der Waals surface area contributed by atoms with Gasteiger partial charge < -0.3 is 10.1 Å². The highest BCUT2D eigenvalue weighted by Crippen LogP contribution is 2.29. The molecule has 2 aromatic heterocycles. The van der Waals surface area contributed by atoms with Gasteiger partial charge in [-0.3, -0.25) is 4.79 Å². The largest absolute Gasteiger partial charge is 0.493 e. The van der Waals surface area contributed by atoms with Gasteiger partial charge in [0.15, 0.2) is 0 Å². The average molecular weight is 287 g/mol. The van der Waals surface area contributed by atoms with Gasteiger partial charge in [-0.05, 0) is 12.0 Å². The van der Waals surface area contributed by atoms with Crippen LogP contribution in [0, 0.1) is 5.82 Å². The summed E-state index contributed by atoms with van der Waals surface area (Å²) in [6, 6.07) is 6.21. The predicted molar refractivity (Wildman–Crippen MR) is 77.0 cm³/mol. The number of aromatic hydroxyl groups is 1. The molecule has 0 saturated carbocycles. The van der Waals surface area contributed by atoms with Crippen molar-refractivity contribution in [1.29, 1.82) is 0 Å². The number of rotatable bonds is 2. The normalized spacial score (nSPS) is 11.4. The van der Waals surface area contributed by atoms with Crippen molar-refractivity contribution in [2.75, 3.05) is 0 Å². The third kappa shape index (κ3) is 1.99. The molecule has 108 valence electrons. The third-order valence-electron chi connectivity index (χ3n) is 3.43. The zero-order chi connectivity index (χ0) is 15.1. The van der Waals surface area contributed by atoms with E-state index in [1.165, 1.54) is 16.8 Å². The number of nitrogens with zero attached hydrogens (tertiary/aromatic N) is 2. The lowest BCUT2D eigenvalue weighted by Crippen LogP contribution is -2.17. The maximum atomic E-state index is 13.9. The van der Waals surface area contributed by atoms with Crippen molar-refractivity contribution in [1.82, 2.24) is 14.6 Å². The number of benzene rings is 1. The van der Waals surface area contributed by atoms with Crippen molar-refractivity contribution in [2.24, 2.45) is 0 Å². The van der Waals surface area contributed by atoms with E-state index in [4.69, 9.17) is 0 Å². The monoisotopic (exact) mass is 287 g/mol. The number of nitrogens with one attached hydrogen (secondary N) is 1. The van der Waals surface area contributed by atoms with Gasteiger partial charge in [-0.25, -0.2) is 4.39 Å². The minimum Gasteiger partial charge on any atom is -0.493 e. The van der Waals surface area contributed by atoms with Crippen molar-refractivity contribution >= 4 is 5.65 Å². The number of H-pyrrole nitrogens is 1. The molecule has 0 fully saturated rings. The SMILES string of the molecule is CC(C)c1c(O)n2ncc(-c3ccccc3F)c2[nH]c1=O. The molecule has 0 unspecified atom stereocenters. The first-order chi connectivity index (χ1) is 10.0. The Kier molecular flexibility index (Phi) is 3.01. The van der Waals surface area contributed by atoms with E-state index in [2.05, 4.69) is 10.1 Å². The molecule has 0 saturated heterocycles. The lowest BCUT2D eigenvalue weighted by molar-refractivity contribution is 0.423. The molecule has 0 radical (unpaired) electrons. The number of fused-ring (bicyclic) bond motifs is 1. The van der Waals surface area contributed by atoms with E-state index >= 15 is 0 Å². The summed E-state index contributed by atoms with van der Waals surface area (Å²) in [7, 11) is 0. The molecule has 5 nitrogen and oxygen atoms in total. The standard InChI is InChI=1S/C15H14FN3O2/c1-8(2)12-14(20)18-13-10(7-17-19(13)15(12)21)9-5-3-4-6-11(9)16/h3-8,21H,1-2H3,(H,18,20). The lowest BCUT2D eigenvalue weighted by Gasteiger charge is -2.08. The van der Waals surface area contributed by atoms with Gasteiger partial charge in [-0.2, -0.15) is 9.61 Å². The fourth-order valence-corrected chi connectivity index (χ4v) is 2.42. The van der Waals surface area contributed by atoms with Crippen LogP contribution < -0.4 is 5.56 Å². The van der Waals surface area contributed by atoms with E-state index in [9.17, 15) is 14.3 Å². The maximum Gasteiger partial charge on any atom is 0.258 e. The van der Waals surface area contributed by atoms with Crippen LogP contribution in [0.3, 0.4) is 0 Å². The smallest absolute Gasteiger partial charge is 0.258 e. The van der Waals surface area contributed by atoms with Crippen LogP contribution in [-0.2, 0) is 0 Å². The van der Waals surface area contributed by atoms with Crippen molar-refractivity contribution < 1.29 is 9.50 Å². The Morgan fingerprint density at radius 3 is 2.67 bits per heavy atom. The van der Waals surface area contributed by atoms with Gasteiger partial charge in [0.1, 0.15) is 11.5 Å². The van der Waals surface area contributed by atoms with E-state index in [1.807, 2.05) is 0 Å². The highest BCUT2D eigenvalue weighted by atomic mass is 19.1. The molecule has 0 atom stereocenters. The fraction of sp³-hybridized carbons (Fsp3) is 0.200. The minimum absolute atomic E-state index is 0.153. The molecule has 0 aliphatic carbocycles. The lowest BCUT2D eigenvalue weighted by atomic mass is 10.1. The van der Waals surface area contributed by atoms with Crippen LogP contribution in [-0.4, -0.2) is 19.7 Å². The van der Waals surface area contributed by atoms with Gasteiger partial charge in [0, 0.05) is 11.1 Å². The summed E-state index contributed by atoms with van der Waals surface area (Å²) in [5.74, 6) is -0.786. The second-order valence-corrected chi connectivity index (χ2v) is 5.14. The molecule has 3 aromatic rings. The van der Waals surface area contributed by atoms with E-state index in [0.29, 0.717) is 11.1 Å². The zero-order valence-corrected chi connectivity index (χ0v) is 11.6. The summed E-state index contributed by atoms with van der Waals surface area (Å²) in [4.78, 5) is 14.8. The van der Waals surface area contributed by atoms with Gasteiger partial charge in [-0.15, -0.1) is 0 Å². The van der Waals surface area contributed by atoms with Crippen LogP contribution >= 0.6 is 0 Å². The van der Waals surface area contributed by atoms with Gasteiger partial charge in [0.25, 0.3) is 5.56 Å². The fourth-order valence-electron chi connectivity index (χ4n) is 2.42. The van der Waals surface area contributed by atoms with Crippen LogP contribution in [0.5, 0.6) is 5.88 Å². The number of hydrogen-bond acceptors (Lipinski definition) is 3. The maximum absolute atomic E-state index is 13.9. The van der Waals surface area contributed by atoms with E-state index in [1.54, 1.807) is 32.0 Å². The van der Waals surface area contributed by atoms with Crippen molar-refractivity contribution in [3.05, 3.63) is 52.2 Å². The summed E-state index contributed by atoms with van der Waals surface area (Å²) < 4.78 is 15.1. The molecule has 2 heterocycles. The van der Waals surface area contributed by atoms with E-state index < -0.39 is 11.4 Å². The Morgan fingerprint density at radius 1 is 1.29 bits per heavy atom. The van der Waals surface area contributed by atoms with Crippen LogP contribution in [0.2, 0.25) is 0 Å². The average Bonchev–Trinajstić information content (AvgIpc) is 2.82. The minimum atomic E-state index is -0.416. The predicted octanol–water partition coefficient (Wildman–Crippen LogP) is 2.66. The van der Waals surface area contributed by atoms with E-state index in [-0.39, 0.29) is 23.0 Å². The summed E-state index contributed by atoms with van der Waals surface area (Å²) >= 11 is 0. The molecule has 0 aliphatic rings. The quantitative estimate of drug-likeness (QED) is 0.761. The number of aromatic nitrogens is 3. The number of aromatic amines is 1. The van der Waals surface area contributed by atoms with Gasteiger partial charge in [-0.1, -0.05) is 32.0 Å². The third-order valence-corrected chi connectivity index (χ3v) is 3.43. The molecular formula is C15H14FN3O2. The van der Waals surface area contributed by atoms with Gasteiger partial charge >= 0.3 is 0 Å². The first-order valence-corrected chi connectivity index (χ1v) is 6.58. The number of hydrogen-bond donors (Lipinski definition) is 2. The van der Waals surface area contributed by atoms with Gasteiger partial charge in [0.05, 0.1) is 11.8 Å². The summed E-state index contributed by atoms with van der Waals surface area (Å²) in [5.41, 5.74) is 0.876.